The van der Waals surface area contributed by atoms with E-state index in [1.54, 1.807) is 0 Å². The van der Waals surface area contributed by atoms with E-state index in [0.717, 1.165) is 0 Å². The summed E-state index contributed by atoms with van der Waals surface area (Å²) in [6.45, 7) is 5.99. The van der Waals surface area contributed by atoms with Crippen LogP contribution < -0.4 is 0 Å². The number of hydrogen-bond acceptors (Lipinski definition) is 5. The lowest BCUT2D eigenvalue weighted by Crippen LogP contribution is -2.22. The van der Waals surface area contributed by atoms with Gasteiger partial charge in [0, 0.05) is 15.2 Å². The van der Waals surface area contributed by atoms with Crippen LogP contribution in [0.2, 0.25) is 0 Å². The molecule has 5 nitrogen and oxygen atoms in total. The molecular weight excluding hydrogens is 384 g/mol. The maximum atomic E-state index is 11.9. The maximum absolute atomic E-state index is 11.9. The summed E-state index contributed by atoms with van der Waals surface area (Å²) >= 11 is 3.17. The van der Waals surface area contributed by atoms with Crippen LogP contribution in [0.4, 0.5) is 0 Å². The second-order valence-corrected chi connectivity index (χ2v) is 8.60. The van der Waals surface area contributed by atoms with Crippen molar-refractivity contribution < 1.29 is 22.7 Å². The van der Waals surface area contributed by atoms with Crippen LogP contribution in [0.3, 0.4) is 0 Å². The first-order chi connectivity index (χ1) is 9.50. The molecule has 0 amide bonds. The molecule has 0 bridgehead atoms. The Morgan fingerprint density at radius 3 is 2.43 bits per heavy atom. The van der Waals surface area contributed by atoms with Gasteiger partial charge in [-0.05, 0) is 54.9 Å². The third-order valence-corrected chi connectivity index (χ3v) is 4.33. The van der Waals surface area contributed by atoms with Gasteiger partial charge in [0.1, 0.15) is 6.61 Å². The number of carbonyl (C=O) groups excluding carboxylic acids is 1. The van der Waals surface area contributed by atoms with Gasteiger partial charge in [-0.3, -0.25) is 0 Å². The molecule has 0 aromatic heterocycles. The minimum atomic E-state index is -3.90. The van der Waals surface area contributed by atoms with E-state index in [-0.39, 0.29) is 29.3 Å². The Kier molecular flexibility index (Phi) is 6.22. The average molecular weight is 400 g/mol. The van der Waals surface area contributed by atoms with Crippen LogP contribution in [0, 0.1) is 0 Å². The van der Waals surface area contributed by atoms with Crippen LogP contribution in [0.1, 0.15) is 31.1 Å². The van der Waals surface area contributed by atoms with E-state index >= 15 is 0 Å². The Balaban J connectivity index is 2.74. The highest BCUT2D eigenvalue weighted by Crippen LogP contribution is 2.24. The number of rotatable bonds is 5. The second-order valence-electron chi connectivity index (χ2n) is 5.18. The molecule has 21 heavy (non-hydrogen) atoms. The Morgan fingerprint density at radius 2 is 1.90 bits per heavy atom. The second kappa shape index (κ2) is 7.09. The molecule has 0 fully saturated rings. The first-order valence-electron chi connectivity index (χ1n) is 6.06. The van der Waals surface area contributed by atoms with Crippen molar-refractivity contribution in [2.75, 3.05) is 13.2 Å². The average Bonchev–Trinajstić information content (AvgIpc) is 2.32. The molecule has 1 aromatic carbocycles. The summed E-state index contributed by atoms with van der Waals surface area (Å²) in [4.78, 5) is 11.8. The number of benzene rings is 1. The molecule has 0 unspecified atom stereocenters. The fourth-order valence-corrected chi connectivity index (χ4v) is 2.56. The summed E-state index contributed by atoms with van der Waals surface area (Å²) < 4.78 is 33.4. The smallest absolute Gasteiger partial charge is 0.339 e. The van der Waals surface area contributed by atoms with Crippen molar-refractivity contribution in [1.29, 1.82) is 0 Å². The number of halogens is 2. The van der Waals surface area contributed by atoms with Gasteiger partial charge in [-0.2, -0.15) is 0 Å². The first-order valence-corrected chi connectivity index (χ1v) is 9.16. The summed E-state index contributed by atoms with van der Waals surface area (Å²) in [5.41, 5.74) is -0.230. The SMILES string of the molecule is CC(C)(C)OCCOC(=O)c1cc(S(=O)(=O)Cl)ccc1Br. The lowest BCUT2D eigenvalue weighted by Gasteiger charge is -2.19. The Morgan fingerprint density at radius 1 is 1.29 bits per heavy atom. The van der Waals surface area contributed by atoms with Crippen LogP contribution in [0.15, 0.2) is 27.6 Å². The molecule has 0 heterocycles. The lowest BCUT2D eigenvalue weighted by atomic mass is 10.2. The summed E-state index contributed by atoms with van der Waals surface area (Å²) in [7, 11) is 1.35. The van der Waals surface area contributed by atoms with Gasteiger partial charge in [-0.15, -0.1) is 0 Å². The zero-order valence-electron chi connectivity index (χ0n) is 11.9. The number of ether oxygens (including phenoxy) is 2. The minimum absolute atomic E-state index is 0.0698. The number of esters is 1. The molecule has 0 aliphatic carbocycles. The zero-order chi connectivity index (χ0) is 16.3. The van der Waals surface area contributed by atoms with E-state index in [4.69, 9.17) is 20.2 Å². The molecule has 0 aliphatic rings. The third kappa shape index (κ3) is 6.34. The molecule has 8 heteroatoms. The fourth-order valence-electron chi connectivity index (χ4n) is 1.37. The highest BCUT2D eigenvalue weighted by Gasteiger charge is 2.18. The van der Waals surface area contributed by atoms with Crippen LogP contribution in [-0.2, 0) is 18.5 Å². The molecule has 1 aromatic rings. The van der Waals surface area contributed by atoms with E-state index in [0.29, 0.717) is 4.47 Å². The van der Waals surface area contributed by atoms with Crippen molar-refractivity contribution in [2.24, 2.45) is 0 Å². The Labute approximate surface area is 137 Å². The molecule has 0 spiro atoms. The van der Waals surface area contributed by atoms with Crippen LogP contribution in [0.25, 0.3) is 0 Å². The molecule has 0 saturated carbocycles. The van der Waals surface area contributed by atoms with Crippen LogP contribution >= 0.6 is 26.6 Å². The van der Waals surface area contributed by atoms with E-state index < -0.39 is 15.0 Å². The first kappa shape index (κ1) is 18.4. The van der Waals surface area contributed by atoms with Gasteiger partial charge in [0.2, 0.25) is 0 Å². The van der Waals surface area contributed by atoms with Crippen molar-refractivity contribution >= 4 is 41.6 Å². The number of hydrogen-bond donors (Lipinski definition) is 0. The van der Waals surface area contributed by atoms with Crippen molar-refractivity contribution in [3.8, 4) is 0 Å². The standard InChI is InChI=1S/C13H16BrClO5S/c1-13(2,3)20-7-6-19-12(16)10-8-9(21(15,17)18)4-5-11(10)14/h4-5,8H,6-7H2,1-3H3. The van der Waals surface area contributed by atoms with Gasteiger partial charge in [0.25, 0.3) is 9.05 Å². The van der Waals surface area contributed by atoms with Gasteiger partial charge in [0.15, 0.2) is 0 Å². The lowest BCUT2D eigenvalue weighted by molar-refractivity contribution is -0.0281. The topological polar surface area (TPSA) is 69.7 Å². The Hall–Kier alpha value is -0.630. The largest absolute Gasteiger partial charge is 0.460 e. The highest BCUT2D eigenvalue weighted by molar-refractivity contribution is 9.10. The van der Waals surface area contributed by atoms with Crippen LogP contribution in [0.5, 0.6) is 0 Å². The van der Waals surface area contributed by atoms with Crippen molar-refractivity contribution in [2.45, 2.75) is 31.3 Å². The van der Waals surface area contributed by atoms with Gasteiger partial charge in [-0.1, -0.05) is 0 Å². The Bertz CT molecular complexity index is 622. The molecule has 0 N–H and O–H groups in total. The molecule has 0 aliphatic heterocycles. The maximum Gasteiger partial charge on any atom is 0.339 e. The minimum Gasteiger partial charge on any atom is -0.460 e. The predicted molar refractivity (Wildman–Crippen MR) is 83.2 cm³/mol. The van der Waals surface area contributed by atoms with E-state index in [2.05, 4.69) is 15.9 Å². The van der Waals surface area contributed by atoms with Gasteiger partial charge in [0.05, 0.1) is 22.7 Å². The summed E-state index contributed by atoms with van der Waals surface area (Å²) in [5, 5.41) is 0. The van der Waals surface area contributed by atoms with Crippen molar-refractivity contribution in [1.82, 2.24) is 0 Å². The predicted octanol–water partition coefficient (Wildman–Crippen LogP) is 3.35. The van der Waals surface area contributed by atoms with Crippen molar-refractivity contribution in [3.05, 3.63) is 28.2 Å². The van der Waals surface area contributed by atoms with Gasteiger partial charge in [-0.25, -0.2) is 13.2 Å². The monoisotopic (exact) mass is 398 g/mol. The van der Waals surface area contributed by atoms with Crippen molar-refractivity contribution in [3.63, 3.8) is 0 Å². The third-order valence-electron chi connectivity index (χ3n) is 2.29. The molecule has 118 valence electrons. The van der Waals surface area contributed by atoms with Crippen LogP contribution in [-0.4, -0.2) is 33.2 Å². The molecule has 1 rings (SSSR count). The molecule has 0 saturated heterocycles. The quantitative estimate of drug-likeness (QED) is 0.431. The summed E-state index contributed by atoms with van der Waals surface area (Å²) in [6, 6.07) is 3.89. The van der Waals surface area contributed by atoms with Gasteiger partial charge >= 0.3 is 5.97 Å². The summed E-state index contributed by atoms with van der Waals surface area (Å²) in [6.07, 6.45) is 0. The van der Waals surface area contributed by atoms with Gasteiger partial charge < -0.3 is 9.47 Å². The molecule has 0 atom stereocenters. The fraction of sp³-hybridized carbons (Fsp3) is 0.462. The van der Waals surface area contributed by atoms with E-state index in [9.17, 15) is 13.2 Å². The van der Waals surface area contributed by atoms with E-state index in [1.807, 2.05) is 20.8 Å². The normalized spacial score (nSPS) is 12.2. The highest BCUT2D eigenvalue weighted by atomic mass is 79.9. The molecule has 0 radical (unpaired) electrons. The van der Waals surface area contributed by atoms with E-state index in [1.165, 1.54) is 18.2 Å². The molecular formula is C13H16BrClO5S. The summed E-state index contributed by atoms with van der Waals surface area (Å²) in [5.74, 6) is -0.651. The zero-order valence-corrected chi connectivity index (χ0v) is 15.0. The number of carbonyl (C=O) groups is 1.